The number of aliphatic carboxylic acids is 1. The molecule has 1 atom stereocenters. The van der Waals surface area contributed by atoms with Crippen LogP contribution in [0.25, 0.3) is 0 Å². The van der Waals surface area contributed by atoms with Crippen LogP contribution in [0.4, 0.5) is 0 Å². The second-order valence-corrected chi connectivity index (χ2v) is 6.32. The Morgan fingerprint density at radius 2 is 2.00 bits per heavy atom. The first-order valence-corrected chi connectivity index (χ1v) is 7.56. The quantitative estimate of drug-likeness (QED) is 0.801. The molecular weight excluding hydrogens is 252 g/mol. The average Bonchev–Trinajstić information content (AvgIpc) is 2.78. The highest BCUT2D eigenvalue weighted by Crippen LogP contribution is 2.31. The van der Waals surface area contributed by atoms with Gasteiger partial charge in [-0.25, -0.2) is 4.79 Å². The van der Waals surface area contributed by atoms with Crippen LogP contribution in [0.3, 0.4) is 0 Å². The smallest absolute Gasteiger partial charge is 0.327 e. The molecule has 102 valence electrons. The number of carboxylic acid groups (broad SMARTS) is 1. The van der Waals surface area contributed by atoms with E-state index < -0.39 is 17.6 Å². The fourth-order valence-electron chi connectivity index (χ4n) is 2.73. The SMILES string of the molecule is NC1(CC(=O)N2CSCC2C(=O)O)CCCCC1. The van der Waals surface area contributed by atoms with Gasteiger partial charge in [0.15, 0.2) is 0 Å². The maximum Gasteiger partial charge on any atom is 0.327 e. The predicted molar refractivity (Wildman–Crippen MR) is 70.2 cm³/mol. The summed E-state index contributed by atoms with van der Waals surface area (Å²) in [7, 11) is 0. The molecule has 2 rings (SSSR count). The van der Waals surface area contributed by atoms with Crippen molar-refractivity contribution in [2.24, 2.45) is 5.73 Å². The normalized spacial score (nSPS) is 27.2. The summed E-state index contributed by atoms with van der Waals surface area (Å²) in [5, 5.41) is 9.06. The number of nitrogens with zero attached hydrogens (tertiary/aromatic N) is 1. The van der Waals surface area contributed by atoms with Crippen molar-refractivity contribution >= 4 is 23.6 Å². The van der Waals surface area contributed by atoms with Crippen molar-refractivity contribution in [1.82, 2.24) is 4.90 Å². The fourth-order valence-corrected chi connectivity index (χ4v) is 3.90. The standard InChI is InChI=1S/C12H20N2O3S/c13-12(4-2-1-3-5-12)6-10(15)14-8-18-7-9(14)11(16)17/h9H,1-8,13H2,(H,16,17). The maximum absolute atomic E-state index is 12.2. The molecular formula is C12H20N2O3S. The Morgan fingerprint density at radius 1 is 1.33 bits per heavy atom. The van der Waals surface area contributed by atoms with Crippen LogP contribution in [-0.2, 0) is 9.59 Å². The van der Waals surface area contributed by atoms with Crippen molar-refractivity contribution in [2.45, 2.75) is 50.1 Å². The summed E-state index contributed by atoms with van der Waals surface area (Å²) in [5.74, 6) is -0.0512. The molecule has 0 radical (unpaired) electrons. The molecule has 1 amide bonds. The maximum atomic E-state index is 12.2. The van der Waals surface area contributed by atoms with Crippen LogP contribution in [0.1, 0.15) is 38.5 Å². The molecule has 1 saturated carbocycles. The number of rotatable bonds is 3. The van der Waals surface area contributed by atoms with Crippen LogP contribution in [0, 0.1) is 0 Å². The second-order valence-electron chi connectivity index (χ2n) is 5.32. The average molecular weight is 272 g/mol. The van der Waals surface area contributed by atoms with Gasteiger partial charge in [0.25, 0.3) is 0 Å². The number of carboxylic acids is 1. The highest BCUT2D eigenvalue weighted by atomic mass is 32.2. The van der Waals surface area contributed by atoms with Gasteiger partial charge in [0.05, 0.1) is 5.88 Å². The first-order valence-electron chi connectivity index (χ1n) is 6.41. The van der Waals surface area contributed by atoms with Gasteiger partial charge < -0.3 is 15.7 Å². The molecule has 2 fully saturated rings. The van der Waals surface area contributed by atoms with E-state index in [2.05, 4.69) is 0 Å². The molecule has 1 heterocycles. The summed E-state index contributed by atoms with van der Waals surface area (Å²) in [4.78, 5) is 24.7. The number of hydrogen-bond acceptors (Lipinski definition) is 4. The third-order valence-electron chi connectivity index (χ3n) is 3.84. The van der Waals surface area contributed by atoms with Crippen LogP contribution < -0.4 is 5.73 Å². The molecule has 1 aliphatic heterocycles. The van der Waals surface area contributed by atoms with Crippen LogP contribution in [0.15, 0.2) is 0 Å². The molecule has 0 aromatic carbocycles. The first kappa shape index (κ1) is 13.7. The van der Waals surface area contributed by atoms with E-state index in [0.29, 0.717) is 11.6 Å². The Hall–Kier alpha value is -0.750. The lowest BCUT2D eigenvalue weighted by molar-refractivity contribution is -0.148. The molecule has 0 spiro atoms. The molecule has 18 heavy (non-hydrogen) atoms. The molecule has 0 aromatic rings. The minimum Gasteiger partial charge on any atom is -0.480 e. The van der Waals surface area contributed by atoms with Crippen molar-refractivity contribution in [2.75, 3.05) is 11.6 Å². The third kappa shape index (κ3) is 2.98. The van der Waals surface area contributed by atoms with Gasteiger partial charge in [-0.15, -0.1) is 11.8 Å². The van der Waals surface area contributed by atoms with Crippen LogP contribution in [0.5, 0.6) is 0 Å². The van der Waals surface area contributed by atoms with Crippen LogP contribution in [-0.4, -0.2) is 45.1 Å². The highest BCUT2D eigenvalue weighted by Gasteiger charge is 2.38. The number of nitrogens with two attached hydrogens (primary N) is 1. The van der Waals surface area contributed by atoms with E-state index in [1.807, 2.05) is 0 Å². The topological polar surface area (TPSA) is 83.6 Å². The first-order chi connectivity index (χ1) is 8.52. The van der Waals surface area contributed by atoms with Gasteiger partial charge in [0, 0.05) is 17.7 Å². The fraction of sp³-hybridized carbons (Fsp3) is 0.833. The number of amides is 1. The van der Waals surface area contributed by atoms with E-state index in [9.17, 15) is 9.59 Å². The van der Waals surface area contributed by atoms with Crippen molar-refractivity contribution in [3.8, 4) is 0 Å². The van der Waals surface area contributed by atoms with Crippen LogP contribution in [0.2, 0.25) is 0 Å². The van der Waals surface area contributed by atoms with Gasteiger partial charge in [0.2, 0.25) is 5.91 Å². The van der Waals surface area contributed by atoms with E-state index in [1.54, 1.807) is 0 Å². The number of carbonyl (C=O) groups excluding carboxylic acids is 1. The molecule has 1 aliphatic carbocycles. The zero-order chi connectivity index (χ0) is 13.2. The van der Waals surface area contributed by atoms with E-state index >= 15 is 0 Å². The lowest BCUT2D eigenvalue weighted by Crippen LogP contribution is -2.49. The molecule has 1 unspecified atom stereocenters. The zero-order valence-electron chi connectivity index (χ0n) is 10.4. The Morgan fingerprint density at radius 3 is 2.61 bits per heavy atom. The summed E-state index contributed by atoms with van der Waals surface area (Å²) in [5.41, 5.74) is 5.84. The van der Waals surface area contributed by atoms with Crippen molar-refractivity contribution in [3.63, 3.8) is 0 Å². The van der Waals surface area contributed by atoms with Crippen molar-refractivity contribution in [1.29, 1.82) is 0 Å². The van der Waals surface area contributed by atoms with Gasteiger partial charge in [-0.05, 0) is 12.8 Å². The van der Waals surface area contributed by atoms with Gasteiger partial charge in [-0.2, -0.15) is 0 Å². The Kier molecular flexibility index (Phi) is 4.17. The molecule has 0 bridgehead atoms. The summed E-state index contributed by atoms with van der Waals surface area (Å²) in [6.45, 7) is 0. The van der Waals surface area contributed by atoms with Gasteiger partial charge in [-0.1, -0.05) is 19.3 Å². The largest absolute Gasteiger partial charge is 0.480 e. The number of thioether (sulfide) groups is 1. The van der Waals surface area contributed by atoms with E-state index in [4.69, 9.17) is 10.8 Å². The van der Waals surface area contributed by atoms with Gasteiger partial charge in [0.1, 0.15) is 6.04 Å². The Balaban J connectivity index is 1.96. The Bertz CT molecular complexity index is 342. The minimum absolute atomic E-state index is 0.100. The zero-order valence-corrected chi connectivity index (χ0v) is 11.2. The van der Waals surface area contributed by atoms with Crippen molar-refractivity contribution in [3.05, 3.63) is 0 Å². The van der Waals surface area contributed by atoms with Gasteiger partial charge >= 0.3 is 5.97 Å². The molecule has 3 N–H and O–H groups in total. The third-order valence-corrected chi connectivity index (χ3v) is 4.85. The molecule has 0 aromatic heterocycles. The second kappa shape index (κ2) is 5.48. The summed E-state index contributed by atoms with van der Waals surface area (Å²) < 4.78 is 0. The minimum atomic E-state index is -0.914. The van der Waals surface area contributed by atoms with Crippen LogP contribution >= 0.6 is 11.8 Å². The van der Waals surface area contributed by atoms with E-state index in [0.717, 1.165) is 25.7 Å². The number of carbonyl (C=O) groups is 2. The summed E-state index contributed by atoms with van der Waals surface area (Å²) in [6, 6.07) is -0.672. The van der Waals surface area contributed by atoms with E-state index in [1.165, 1.54) is 23.1 Å². The predicted octanol–water partition coefficient (Wildman–Crippen LogP) is 1.02. The van der Waals surface area contributed by atoms with Crippen molar-refractivity contribution < 1.29 is 14.7 Å². The monoisotopic (exact) mass is 272 g/mol. The summed E-state index contributed by atoms with van der Waals surface area (Å²) >= 11 is 1.49. The summed E-state index contributed by atoms with van der Waals surface area (Å²) in [6.07, 6.45) is 5.36. The lowest BCUT2D eigenvalue weighted by Gasteiger charge is -2.34. The number of hydrogen-bond donors (Lipinski definition) is 2. The molecule has 1 saturated heterocycles. The van der Waals surface area contributed by atoms with Gasteiger partial charge in [-0.3, -0.25) is 4.79 Å². The molecule has 5 nitrogen and oxygen atoms in total. The lowest BCUT2D eigenvalue weighted by atomic mass is 9.80. The molecule has 2 aliphatic rings. The molecule has 6 heteroatoms. The Labute approximate surface area is 111 Å². The highest BCUT2D eigenvalue weighted by molar-refractivity contribution is 7.99. The van der Waals surface area contributed by atoms with E-state index in [-0.39, 0.29) is 12.3 Å².